The van der Waals surface area contributed by atoms with Gasteiger partial charge in [-0.15, -0.1) is 0 Å². The summed E-state index contributed by atoms with van der Waals surface area (Å²) in [4.78, 5) is 0. The molecule has 0 aromatic carbocycles. The summed E-state index contributed by atoms with van der Waals surface area (Å²) in [6.45, 7) is 6.63. The van der Waals surface area contributed by atoms with Crippen molar-refractivity contribution in [2.75, 3.05) is 26.7 Å². The van der Waals surface area contributed by atoms with E-state index in [-0.39, 0.29) is 12.4 Å². The molecule has 152 valence electrons. The fraction of sp³-hybridized carbons (Fsp3) is 1.00. The van der Waals surface area contributed by atoms with E-state index >= 15 is 0 Å². The van der Waals surface area contributed by atoms with E-state index in [2.05, 4.69) is 14.0 Å². The minimum absolute atomic E-state index is 0. The average Bonchev–Trinajstić information content (AvgIpc) is 2.59. The highest BCUT2D eigenvalue weighted by Gasteiger charge is 2.23. The van der Waals surface area contributed by atoms with Crippen molar-refractivity contribution in [2.24, 2.45) is 0 Å². The van der Waals surface area contributed by atoms with E-state index < -0.39 is 0 Å². The topological polar surface area (TPSA) is 0 Å². The van der Waals surface area contributed by atoms with E-state index in [1.807, 2.05) is 0 Å². The van der Waals surface area contributed by atoms with Crippen LogP contribution in [0.5, 0.6) is 0 Å². The number of hydrogen-bond donors (Lipinski definition) is 0. The average molecular weight is 374 g/mol. The number of halogens is 1. The van der Waals surface area contributed by atoms with Gasteiger partial charge in [0.2, 0.25) is 0 Å². The molecule has 0 bridgehead atoms. The standard InChI is InChI=1S/C23H48N.ClH/c1-3-4-5-6-7-8-9-10-11-12-13-14-15-16-18-21-24(2)22-19-17-20-23-24;/h3-23H2,1-2H3;1H/q+1;/p-1. The first-order valence-corrected chi connectivity index (χ1v) is 11.6. The molecule has 1 heterocycles. The summed E-state index contributed by atoms with van der Waals surface area (Å²) in [5, 5.41) is 0. The van der Waals surface area contributed by atoms with Gasteiger partial charge in [-0.25, -0.2) is 0 Å². The molecule has 1 rings (SSSR count). The molecule has 0 unspecified atom stereocenters. The van der Waals surface area contributed by atoms with Crippen LogP contribution in [-0.2, 0) is 0 Å². The third kappa shape index (κ3) is 15.0. The van der Waals surface area contributed by atoms with Crippen molar-refractivity contribution in [3.05, 3.63) is 0 Å². The van der Waals surface area contributed by atoms with Gasteiger partial charge in [-0.1, -0.05) is 90.4 Å². The summed E-state index contributed by atoms with van der Waals surface area (Å²) in [5.41, 5.74) is 0. The minimum atomic E-state index is 0. The molecule has 1 saturated heterocycles. The van der Waals surface area contributed by atoms with Gasteiger partial charge in [0.1, 0.15) is 0 Å². The highest BCUT2D eigenvalue weighted by molar-refractivity contribution is 4.53. The Morgan fingerprint density at radius 3 is 1.28 bits per heavy atom. The lowest BCUT2D eigenvalue weighted by Crippen LogP contribution is -3.00. The van der Waals surface area contributed by atoms with Crippen LogP contribution in [0.4, 0.5) is 0 Å². The van der Waals surface area contributed by atoms with Crippen LogP contribution in [-0.4, -0.2) is 31.2 Å². The van der Waals surface area contributed by atoms with E-state index in [4.69, 9.17) is 0 Å². The molecule has 0 N–H and O–H groups in total. The maximum atomic E-state index is 2.49. The first-order chi connectivity index (χ1) is 11.8. The predicted octanol–water partition coefficient (Wildman–Crippen LogP) is 4.49. The fourth-order valence-electron chi connectivity index (χ4n) is 4.36. The molecular formula is C23H48ClN. The second-order valence-corrected chi connectivity index (χ2v) is 8.80. The zero-order chi connectivity index (χ0) is 17.3. The molecule has 1 aliphatic rings. The lowest BCUT2D eigenvalue weighted by atomic mass is 10.0. The maximum Gasteiger partial charge on any atom is 0.0784 e. The second-order valence-electron chi connectivity index (χ2n) is 8.80. The lowest BCUT2D eigenvalue weighted by molar-refractivity contribution is -0.914. The summed E-state index contributed by atoms with van der Waals surface area (Å²) in [5.74, 6) is 0. The Balaban J connectivity index is 0.00000576. The van der Waals surface area contributed by atoms with E-state index in [1.165, 1.54) is 140 Å². The van der Waals surface area contributed by atoms with Crippen LogP contribution in [0.25, 0.3) is 0 Å². The van der Waals surface area contributed by atoms with Gasteiger partial charge in [0.15, 0.2) is 0 Å². The summed E-state index contributed by atoms with van der Waals surface area (Å²) < 4.78 is 1.37. The number of unbranched alkanes of at least 4 members (excludes halogenated alkanes) is 14. The molecule has 0 saturated carbocycles. The van der Waals surface area contributed by atoms with Gasteiger partial charge >= 0.3 is 0 Å². The number of rotatable bonds is 16. The molecule has 1 aliphatic heterocycles. The zero-order valence-corrected chi connectivity index (χ0v) is 18.4. The first-order valence-electron chi connectivity index (χ1n) is 11.6. The van der Waals surface area contributed by atoms with Crippen LogP contribution in [0, 0.1) is 0 Å². The van der Waals surface area contributed by atoms with Crippen molar-refractivity contribution in [2.45, 2.75) is 122 Å². The van der Waals surface area contributed by atoms with E-state index in [1.54, 1.807) is 0 Å². The fourth-order valence-corrected chi connectivity index (χ4v) is 4.36. The molecule has 0 radical (unpaired) electrons. The third-order valence-corrected chi connectivity index (χ3v) is 6.20. The van der Waals surface area contributed by atoms with Gasteiger partial charge in [0.05, 0.1) is 26.7 Å². The van der Waals surface area contributed by atoms with Gasteiger partial charge in [0.25, 0.3) is 0 Å². The quantitative estimate of drug-likeness (QED) is 0.276. The number of hydrogen-bond acceptors (Lipinski definition) is 0. The van der Waals surface area contributed by atoms with Crippen LogP contribution in [0.3, 0.4) is 0 Å². The van der Waals surface area contributed by atoms with Crippen molar-refractivity contribution >= 4 is 0 Å². The molecule has 0 spiro atoms. The van der Waals surface area contributed by atoms with Crippen molar-refractivity contribution in [3.63, 3.8) is 0 Å². The molecular weight excluding hydrogens is 326 g/mol. The van der Waals surface area contributed by atoms with E-state index in [9.17, 15) is 0 Å². The molecule has 0 aromatic heterocycles. The summed E-state index contributed by atoms with van der Waals surface area (Å²) >= 11 is 0. The van der Waals surface area contributed by atoms with Crippen LogP contribution in [0.1, 0.15) is 122 Å². The Bertz CT molecular complexity index is 261. The Hall–Kier alpha value is 0.250. The minimum Gasteiger partial charge on any atom is -1.00 e. The van der Waals surface area contributed by atoms with Crippen molar-refractivity contribution in [1.82, 2.24) is 0 Å². The van der Waals surface area contributed by atoms with Gasteiger partial charge < -0.3 is 16.9 Å². The third-order valence-electron chi connectivity index (χ3n) is 6.20. The Labute approximate surface area is 166 Å². The number of piperidine rings is 1. The van der Waals surface area contributed by atoms with Crippen LogP contribution in [0.15, 0.2) is 0 Å². The smallest absolute Gasteiger partial charge is 0.0784 e. The number of quaternary nitrogens is 1. The Kier molecular flexibility index (Phi) is 17.8. The van der Waals surface area contributed by atoms with Gasteiger partial charge in [-0.05, 0) is 32.1 Å². The Morgan fingerprint density at radius 2 is 0.880 bits per heavy atom. The molecule has 2 heteroatoms. The Morgan fingerprint density at radius 1 is 0.520 bits per heavy atom. The summed E-state index contributed by atoms with van der Waals surface area (Å²) in [6, 6.07) is 0. The summed E-state index contributed by atoms with van der Waals surface area (Å²) in [7, 11) is 2.49. The van der Waals surface area contributed by atoms with Crippen molar-refractivity contribution in [1.29, 1.82) is 0 Å². The normalized spacial score (nSPS) is 16.6. The van der Waals surface area contributed by atoms with Gasteiger partial charge in [-0.2, -0.15) is 0 Å². The van der Waals surface area contributed by atoms with Crippen molar-refractivity contribution in [3.8, 4) is 0 Å². The highest BCUT2D eigenvalue weighted by Crippen LogP contribution is 2.18. The molecule has 0 amide bonds. The second kappa shape index (κ2) is 17.7. The number of likely N-dealkylation sites (tertiary alicyclic amines) is 1. The summed E-state index contributed by atoms with van der Waals surface area (Å²) in [6.07, 6.45) is 26.5. The molecule has 1 nitrogen and oxygen atoms in total. The number of nitrogens with zero attached hydrogens (tertiary/aromatic N) is 1. The molecule has 0 aromatic rings. The molecule has 1 fully saturated rings. The lowest BCUT2D eigenvalue weighted by Gasteiger charge is -2.37. The van der Waals surface area contributed by atoms with Crippen LogP contribution >= 0.6 is 0 Å². The van der Waals surface area contributed by atoms with Crippen LogP contribution in [0.2, 0.25) is 0 Å². The van der Waals surface area contributed by atoms with Gasteiger partial charge in [-0.3, -0.25) is 0 Å². The van der Waals surface area contributed by atoms with Gasteiger partial charge in [0, 0.05) is 0 Å². The molecule has 25 heavy (non-hydrogen) atoms. The van der Waals surface area contributed by atoms with Crippen molar-refractivity contribution < 1.29 is 16.9 Å². The zero-order valence-electron chi connectivity index (χ0n) is 17.7. The molecule has 0 aliphatic carbocycles. The first kappa shape index (κ1) is 25.2. The SMILES string of the molecule is CCCCCCCCCCCCCCCCC[N+]1(C)CCCCC1.[Cl-]. The molecule has 0 atom stereocenters. The maximum absolute atomic E-state index is 2.49. The van der Waals surface area contributed by atoms with E-state index in [0.29, 0.717) is 0 Å². The van der Waals surface area contributed by atoms with Crippen LogP contribution < -0.4 is 12.4 Å². The van der Waals surface area contributed by atoms with E-state index in [0.717, 1.165) is 0 Å². The monoisotopic (exact) mass is 373 g/mol. The highest BCUT2D eigenvalue weighted by atomic mass is 35.5. The predicted molar refractivity (Wildman–Crippen MR) is 110 cm³/mol. The largest absolute Gasteiger partial charge is 1.00 e.